The van der Waals surface area contributed by atoms with Crippen LogP contribution < -0.4 is 0 Å². The zero-order valence-corrected chi connectivity index (χ0v) is 13.2. The lowest BCUT2D eigenvalue weighted by Gasteiger charge is -2.05. The Kier molecular flexibility index (Phi) is 5.38. The summed E-state index contributed by atoms with van der Waals surface area (Å²) < 4.78 is 0. The van der Waals surface area contributed by atoms with E-state index in [1.807, 2.05) is 20.2 Å². The Morgan fingerprint density at radius 1 is 1.09 bits per heavy atom. The number of hydrogen-bond donors (Lipinski definition) is 1. The van der Waals surface area contributed by atoms with Crippen molar-refractivity contribution in [2.45, 2.75) is 6.54 Å². The SMILES string of the molecule is CN(C)Cc1ccc(C#CC#Cc2ccc(C(=O)O)cc2)s1. The van der Waals surface area contributed by atoms with E-state index in [1.54, 1.807) is 23.5 Å². The molecule has 0 fully saturated rings. The van der Waals surface area contributed by atoms with E-state index in [9.17, 15) is 4.79 Å². The highest BCUT2D eigenvalue weighted by Gasteiger charge is 2.00. The first-order valence-electron chi connectivity index (χ1n) is 6.63. The highest BCUT2D eigenvalue weighted by Crippen LogP contribution is 2.16. The number of hydrogen-bond acceptors (Lipinski definition) is 3. The van der Waals surface area contributed by atoms with Crippen molar-refractivity contribution < 1.29 is 9.90 Å². The van der Waals surface area contributed by atoms with Gasteiger partial charge in [0, 0.05) is 17.0 Å². The summed E-state index contributed by atoms with van der Waals surface area (Å²) in [4.78, 5) is 15.1. The molecule has 0 amide bonds. The van der Waals surface area contributed by atoms with Crippen LogP contribution in [0.1, 0.15) is 25.7 Å². The van der Waals surface area contributed by atoms with Crippen LogP contribution in [0.25, 0.3) is 0 Å². The Bertz CT molecular complexity index is 780. The number of rotatable bonds is 3. The maximum absolute atomic E-state index is 10.7. The molecule has 22 heavy (non-hydrogen) atoms. The van der Waals surface area contributed by atoms with Gasteiger partial charge in [0.1, 0.15) is 0 Å². The highest BCUT2D eigenvalue weighted by molar-refractivity contribution is 7.12. The summed E-state index contributed by atoms with van der Waals surface area (Å²) in [7, 11) is 4.07. The normalized spacial score (nSPS) is 9.59. The topological polar surface area (TPSA) is 40.5 Å². The van der Waals surface area contributed by atoms with Crippen LogP contribution in [0, 0.1) is 23.7 Å². The number of nitrogens with zero attached hydrogens (tertiary/aromatic N) is 1. The third kappa shape index (κ3) is 4.79. The summed E-state index contributed by atoms with van der Waals surface area (Å²) in [6.07, 6.45) is 0. The number of thiophene rings is 1. The predicted molar refractivity (Wildman–Crippen MR) is 88.9 cm³/mol. The lowest BCUT2D eigenvalue weighted by atomic mass is 10.1. The van der Waals surface area contributed by atoms with Crippen molar-refractivity contribution in [3.63, 3.8) is 0 Å². The molecule has 1 heterocycles. The molecule has 110 valence electrons. The largest absolute Gasteiger partial charge is 0.478 e. The highest BCUT2D eigenvalue weighted by atomic mass is 32.1. The summed E-state index contributed by atoms with van der Waals surface area (Å²) in [5.74, 6) is 10.6. The molecule has 0 unspecified atom stereocenters. The van der Waals surface area contributed by atoms with Crippen molar-refractivity contribution in [3.8, 4) is 23.7 Å². The minimum atomic E-state index is -0.939. The molecule has 0 aliphatic carbocycles. The molecule has 0 spiro atoms. The standard InChI is InChI=1S/C18H15NO2S/c1-19(2)13-17-12-11-16(22-17)6-4-3-5-14-7-9-15(10-8-14)18(20)21/h7-12H,13H2,1-2H3,(H,20,21). The van der Waals surface area contributed by atoms with Gasteiger partial charge < -0.3 is 10.0 Å². The van der Waals surface area contributed by atoms with E-state index in [-0.39, 0.29) is 5.56 Å². The fourth-order valence-corrected chi connectivity index (χ4v) is 2.71. The molecule has 1 aromatic carbocycles. The summed E-state index contributed by atoms with van der Waals surface area (Å²) in [6.45, 7) is 0.911. The summed E-state index contributed by atoms with van der Waals surface area (Å²) in [5.41, 5.74) is 1.00. The van der Waals surface area contributed by atoms with Crippen LogP contribution in [0.2, 0.25) is 0 Å². The van der Waals surface area contributed by atoms with Gasteiger partial charge in [-0.15, -0.1) is 11.3 Å². The molecule has 0 radical (unpaired) electrons. The van der Waals surface area contributed by atoms with Gasteiger partial charge in [0.05, 0.1) is 10.4 Å². The lowest BCUT2D eigenvalue weighted by molar-refractivity contribution is 0.0697. The van der Waals surface area contributed by atoms with E-state index in [1.165, 1.54) is 17.0 Å². The van der Waals surface area contributed by atoms with Crippen LogP contribution in [-0.4, -0.2) is 30.1 Å². The van der Waals surface area contributed by atoms with Crippen molar-refractivity contribution >= 4 is 17.3 Å². The predicted octanol–water partition coefficient (Wildman–Crippen LogP) is 2.91. The van der Waals surface area contributed by atoms with Crippen molar-refractivity contribution in [1.82, 2.24) is 4.90 Å². The van der Waals surface area contributed by atoms with Gasteiger partial charge in [-0.25, -0.2) is 4.79 Å². The third-order valence-corrected chi connectivity index (χ3v) is 3.71. The van der Waals surface area contributed by atoms with Gasteiger partial charge in [0.15, 0.2) is 0 Å². The van der Waals surface area contributed by atoms with E-state index in [4.69, 9.17) is 5.11 Å². The monoisotopic (exact) mass is 309 g/mol. The Morgan fingerprint density at radius 2 is 1.77 bits per heavy atom. The molecule has 0 aliphatic heterocycles. The van der Waals surface area contributed by atoms with Gasteiger partial charge in [-0.1, -0.05) is 5.92 Å². The first-order chi connectivity index (χ1) is 10.5. The summed E-state index contributed by atoms with van der Waals surface area (Å²) in [5, 5.41) is 8.81. The van der Waals surface area contributed by atoms with Crippen molar-refractivity contribution in [2.24, 2.45) is 0 Å². The number of carboxylic acids is 1. The quantitative estimate of drug-likeness (QED) is 0.886. The second kappa shape index (κ2) is 7.47. The molecule has 1 N–H and O–H groups in total. The molecule has 0 saturated carbocycles. The fraction of sp³-hybridized carbons (Fsp3) is 0.167. The van der Waals surface area contributed by atoms with Crippen LogP contribution in [0.15, 0.2) is 36.4 Å². The van der Waals surface area contributed by atoms with Crippen LogP contribution in [0.4, 0.5) is 0 Å². The lowest BCUT2D eigenvalue weighted by Crippen LogP contribution is -2.09. The molecule has 0 atom stereocenters. The van der Waals surface area contributed by atoms with Gasteiger partial charge in [-0.05, 0) is 68.3 Å². The van der Waals surface area contributed by atoms with Crippen LogP contribution in [-0.2, 0) is 6.54 Å². The van der Waals surface area contributed by atoms with E-state index >= 15 is 0 Å². The Morgan fingerprint density at radius 3 is 2.41 bits per heavy atom. The van der Waals surface area contributed by atoms with Gasteiger partial charge in [0.25, 0.3) is 0 Å². The number of carboxylic acid groups (broad SMARTS) is 1. The second-order valence-corrected chi connectivity index (χ2v) is 6.05. The Balaban J connectivity index is 2.02. The summed E-state index contributed by atoms with van der Waals surface area (Å²) in [6, 6.07) is 10.5. The van der Waals surface area contributed by atoms with Gasteiger partial charge >= 0.3 is 5.97 Å². The molecule has 2 aromatic rings. The minimum absolute atomic E-state index is 0.253. The third-order valence-electron chi connectivity index (χ3n) is 2.72. The molecule has 1 aromatic heterocycles. The molecule has 3 nitrogen and oxygen atoms in total. The molecule has 4 heteroatoms. The minimum Gasteiger partial charge on any atom is -0.478 e. The van der Waals surface area contributed by atoms with E-state index in [0.29, 0.717) is 0 Å². The molecule has 0 bridgehead atoms. The Labute approximate surface area is 134 Å². The maximum Gasteiger partial charge on any atom is 0.335 e. The van der Waals surface area contributed by atoms with Crippen molar-refractivity contribution in [1.29, 1.82) is 0 Å². The van der Waals surface area contributed by atoms with Crippen LogP contribution in [0.5, 0.6) is 0 Å². The van der Waals surface area contributed by atoms with Gasteiger partial charge in [0.2, 0.25) is 0 Å². The zero-order valence-electron chi connectivity index (χ0n) is 12.4. The van der Waals surface area contributed by atoms with Gasteiger partial charge in [-0.2, -0.15) is 0 Å². The van der Waals surface area contributed by atoms with Crippen molar-refractivity contribution in [2.75, 3.05) is 14.1 Å². The average Bonchev–Trinajstić information content (AvgIpc) is 2.91. The van der Waals surface area contributed by atoms with Crippen LogP contribution >= 0.6 is 11.3 Å². The smallest absolute Gasteiger partial charge is 0.335 e. The van der Waals surface area contributed by atoms with Crippen molar-refractivity contribution in [3.05, 3.63) is 57.3 Å². The maximum atomic E-state index is 10.7. The van der Waals surface area contributed by atoms with Crippen LogP contribution in [0.3, 0.4) is 0 Å². The number of benzene rings is 1. The second-order valence-electron chi connectivity index (χ2n) is 4.89. The van der Waals surface area contributed by atoms with E-state index < -0.39 is 5.97 Å². The summed E-state index contributed by atoms with van der Waals surface area (Å²) >= 11 is 1.66. The molecule has 0 aliphatic rings. The first kappa shape index (κ1) is 15.9. The molecule has 2 rings (SSSR count). The molecular formula is C18H15NO2S. The fourth-order valence-electron chi connectivity index (χ4n) is 1.73. The zero-order chi connectivity index (χ0) is 15.9. The number of aromatic carboxylic acids is 1. The first-order valence-corrected chi connectivity index (χ1v) is 7.45. The molecule has 0 saturated heterocycles. The Hall–Kier alpha value is -2.53. The molecular weight excluding hydrogens is 294 g/mol. The average molecular weight is 309 g/mol. The van der Waals surface area contributed by atoms with Gasteiger partial charge in [-0.3, -0.25) is 0 Å². The number of carbonyl (C=O) groups is 1. The van der Waals surface area contributed by atoms with E-state index in [2.05, 4.69) is 34.6 Å². The van der Waals surface area contributed by atoms with E-state index in [0.717, 1.165) is 17.0 Å².